The van der Waals surface area contributed by atoms with Crippen molar-refractivity contribution in [3.8, 4) is 5.75 Å². The van der Waals surface area contributed by atoms with E-state index in [0.29, 0.717) is 48.6 Å². The molecule has 1 aromatic carbocycles. The Kier molecular flexibility index (Phi) is 4.04. The number of amides is 1. The van der Waals surface area contributed by atoms with Gasteiger partial charge in [0.05, 0.1) is 5.56 Å². The average molecular weight is 368 g/mol. The van der Waals surface area contributed by atoms with Gasteiger partial charge in [0.2, 0.25) is 0 Å². The van der Waals surface area contributed by atoms with Crippen LogP contribution in [0.2, 0.25) is 0 Å². The molecule has 3 aliphatic carbocycles. The number of piperidine rings is 1. The first-order valence-electron chi connectivity index (χ1n) is 10.5. The average Bonchev–Trinajstić information content (AvgIpc) is 2.59. The smallest absolute Gasteiger partial charge is 0.255 e. The Bertz CT molecular complexity index is 801. The number of fused-ring (bicyclic) bond motifs is 1. The summed E-state index contributed by atoms with van der Waals surface area (Å²) in [5, 5.41) is 17.8. The predicted octanol–water partition coefficient (Wildman–Crippen LogP) is 2.45. The molecule has 5 nitrogen and oxygen atoms in total. The summed E-state index contributed by atoms with van der Waals surface area (Å²) in [7, 11) is 0. The molecule has 144 valence electrons. The van der Waals surface area contributed by atoms with Gasteiger partial charge in [0, 0.05) is 36.4 Å². The van der Waals surface area contributed by atoms with Crippen molar-refractivity contribution in [2.75, 3.05) is 13.1 Å². The molecule has 0 aromatic heterocycles. The van der Waals surface area contributed by atoms with Gasteiger partial charge in [-0.25, -0.2) is 0 Å². The fraction of sp³-hybridized carbons (Fsp3) is 0.636. The molecule has 1 aliphatic heterocycles. The summed E-state index contributed by atoms with van der Waals surface area (Å²) in [6.45, 7) is 1.55. The van der Waals surface area contributed by atoms with E-state index in [2.05, 4.69) is 10.6 Å². The van der Waals surface area contributed by atoms with Crippen molar-refractivity contribution < 1.29 is 14.7 Å². The van der Waals surface area contributed by atoms with E-state index in [1.54, 1.807) is 6.07 Å². The zero-order chi connectivity index (χ0) is 18.6. The van der Waals surface area contributed by atoms with Gasteiger partial charge in [-0.1, -0.05) is 12.5 Å². The van der Waals surface area contributed by atoms with Crippen molar-refractivity contribution >= 4 is 11.7 Å². The van der Waals surface area contributed by atoms with Gasteiger partial charge in [-0.05, 0) is 62.1 Å². The molecule has 2 saturated carbocycles. The molecule has 5 rings (SSSR count). The Labute approximate surface area is 159 Å². The lowest BCUT2D eigenvalue weighted by atomic mass is 9.52. The number of carbonyl (C=O) groups is 2. The first-order chi connectivity index (χ1) is 13.1. The van der Waals surface area contributed by atoms with E-state index in [4.69, 9.17) is 0 Å². The van der Waals surface area contributed by atoms with Crippen molar-refractivity contribution in [1.82, 2.24) is 10.6 Å². The molecule has 2 bridgehead atoms. The number of nitrogens with one attached hydrogen (secondary N) is 2. The first-order valence-corrected chi connectivity index (χ1v) is 10.5. The highest BCUT2D eigenvalue weighted by Gasteiger charge is 2.54. The molecule has 5 heteroatoms. The molecule has 0 radical (unpaired) electrons. The summed E-state index contributed by atoms with van der Waals surface area (Å²) in [5.41, 5.74) is 2.07. The van der Waals surface area contributed by atoms with E-state index in [0.717, 1.165) is 36.9 Å². The van der Waals surface area contributed by atoms with Crippen molar-refractivity contribution in [2.45, 2.75) is 62.8 Å². The molecule has 3 N–H and O–H groups in total. The Balaban J connectivity index is 1.53. The third-order valence-electron chi connectivity index (χ3n) is 7.64. The van der Waals surface area contributed by atoms with Gasteiger partial charge < -0.3 is 15.7 Å². The van der Waals surface area contributed by atoms with Gasteiger partial charge in [-0.2, -0.15) is 0 Å². The standard InChI is InChI=1S/C22H28N2O3/c25-15-5-7-17-18-10-14-4-6-16(21(27)24-12-13-2-1-3-13)20(26)19(14)22(17,11-15)8-9-23-18/h4,6,13,17-18,23,26H,1-3,5,7-12H2,(H,24,27). The quantitative estimate of drug-likeness (QED) is 0.766. The molecule has 1 aromatic rings. The Morgan fingerprint density at radius 1 is 1.30 bits per heavy atom. The monoisotopic (exact) mass is 368 g/mol. The Morgan fingerprint density at radius 2 is 2.15 bits per heavy atom. The highest BCUT2D eigenvalue weighted by atomic mass is 16.3. The summed E-state index contributed by atoms with van der Waals surface area (Å²) in [5.74, 6) is 1.18. The molecule has 1 amide bonds. The topological polar surface area (TPSA) is 78.4 Å². The van der Waals surface area contributed by atoms with Crippen LogP contribution in [0.4, 0.5) is 0 Å². The number of aromatic hydroxyl groups is 1. The third-order valence-corrected chi connectivity index (χ3v) is 7.64. The normalized spacial score (nSPS) is 32.2. The largest absolute Gasteiger partial charge is 0.507 e. The lowest BCUT2D eigenvalue weighted by Crippen LogP contribution is -2.60. The fourth-order valence-corrected chi connectivity index (χ4v) is 6.07. The van der Waals surface area contributed by atoms with E-state index in [9.17, 15) is 14.7 Å². The minimum Gasteiger partial charge on any atom is -0.507 e. The second-order valence-corrected chi connectivity index (χ2v) is 9.03. The number of hydrogen-bond acceptors (Lipinski definition) is 4. The summed E-state index contributed by atoms with van der Waals surface area (Å²) < 4.78 is 0. The SMILES string of the molecule is O=C1CCC2C3Cc4ccc(C(=O)NCC5CCC5)c(O)c4C2(CCN3)C1. The third kappa shape index (κ3) is 2.62. The highest BCUT2D eigenvalue weighted by molar-refractivity contribution is 5.97. The van der Waals surface area contributed by atoms with Gasteiger partial charge in [0.25, 0.3) is 5.91 Å². The van der Waals surface area contributed by atoms with E-state index in [1.165, 1.54) is 19.3 Å². The second kappa shape index (κ2) is 6.33. The van der Waals surface area contributed by atoms with Gasteiger partial charge >= 0.3 is 0 Å². The molecule has 1 heterocycles. The van der Waals surface area contributed by atoms with E-state index < -0.39 is 0 Å². The maximum Gasteiger partial charge on any atom is 0.255 e. The van der Waals surface area contributed by atoms with E-state index in [-0.39, 0.29) is 17.1 Å². The van der Waals surface area contributed by atoms with E-state index >= 15 is 0 Å². The van der Waals surface area contributed by atoms with Crippen LogP contribution in [0.1, 0.15) is 66.4 Å². The summed E-state index contributed by atoms with van der Waals surface area (Å²) in [6, 6.07) is 4.14. The van der Waals surface area contributed by atoms with Crippen molar-refractivity contribution in [1.29, 1.82) is 0 Å². The summed E-state index contributed by atoms with van der Waals surface area (Å²) >= 11 is 0. The van der Waals surface area contributed by atoms with Gasteiger partial charge in [0.15, 0.2) is 0 Å². The van der Waals surface area contributed by atoms with Gasteiger partial charge in [-0.15, -0.1) is 0 Å². The lowest BCUT2D eigenvalue weighted by Gasteiger charge is -2.55. The van der Waals surface area contributed by atoms with Crippen molar-refractivity contribution in [3.05, 3.63) is 28.8 Å². The minimum absolute atomic E-state index is 0.124. The van der Waals surface area contributed by atoms with Crippen molar-refractivity contribution in [3.63, 3.8) is 0 Å². The van der Waals surface area contributed by atoms with Crippen LogP contribution in [0.5, 0.6) is 5.75 Å². The predicted molar refractivity (Wildman–Crippen MR) is 102 cm³/mol. The molecule has 3 atom stereocenters. The number of phenolic OH excluding ortho intramolecular Hbond substituents is 1. The lowest BCUT2D eigenvalue weighted by molar-refractivity contribution is -0.125. The van der Waals surface area contributed by atoms with Crippen LogP contribution in [-0.2, 0) is 16.6 Å². The van der Waals surface area contributed by atoms with Crippen molar-refractivity contribution in [2.24, 2.45) is 11.8 Å². The van der Waals surface area contributed by atoms with Crippen LogP contribution in [0.3, 0.4) is 0 Å². The first kappa shape index (κ1) is 17.2. The molecular weight excluding hydrogens is 340 g/mol. The van der Waals surface area contributed by atoms with Gasteiger partial charge in [0.1, 0.15) is 11.5 Å². The molecule has 3 fully saturated rings. The number of ketones is 1. The second-order valence-electron chi connectivity index (χ2n) is 9.03. The van der Waals surface area contributed by atoms with Crippen LogP contribution < -0.4 is 10.6 Å². The molecule has 1 saturated heterocycles. The number of rotatable bonds is 3. The van der Waals surface area contributed by atoms with E-state index in [1.807, 2.05) is 6.07 Å². The maximum atomic E-state index is 12.7. The van der Waals surface area contributed by atoms with Gasteiger partial charge in [-0.3, -0.25) is 9.59 Å². The van der Waals surface area contributed by atoms with Crippen LogP contribution >= 0.6 is 0 Å². The maximum absolute atomic E-state index is 12.7. The van der Waals surface area contributed by atoms with Crippen LogP contribution in [0.15, 0.2) is 12.1 Å². The number of phenols is 1. The number of benzene rings is 1. The van der Waals surface area contributed by atoms with Crippen LogP contribution in [0, 0.1) is 11.8 Å². The summed E-state index contributed by atoms with van der Waals surface area (Å²) in [6.07, 6.45) is 7.35. The summed E-state index contributed by atoms with van der Waals surface area (Å²) in [4.78, 5) is 25.1. The Morgan fingerprint density at radius 3 is 2.93 bits per heavy atom. The Hall–Kier alpha value is -1.88. The molecule has 3 unspecified atom stereocenters. The highest BCUT2D eigenvalue weighted by Crippen LogP contribution is 2.55. The fourth-order valence-electron chi connectivity index (χ4n) is 6.07. The molecule has 4 aliphatic rings. The van der Waals surface area contributed by atoms with Crippen LogP contribution in [-0.4, -0.2) is 35.9 Å². The zero-order valence-corrected chi connectivity index (χ0v) is 15.7. The minimum atomic E-state index is -0.298. The molecular formula is C22H28N2O3. The van der Waals surface area contributed by atoms with Crippen LogP contribution in [0.25, 0.3) is 0 Å². The molecule has 27 heavy (non-hydrogen) atoms. The zero-order valence-electron chi connectivity index (χ0n) is 15.7. The number of hydrogen-bond donors (Lipinski definition) is 3. The molecule has 0 spiro atoms. The number of Topliss-reactive ketones (excluding diaryl/α,β-unsaturated/α-hetero) is 1. The number of carbonyl (C=O) groups excluding carboxylic acids is 2.